The van der Waals surface area contributed by atoms with Crippen LogP contribution in [-0.4, -0.2) is 21.3 Å². The lowest BCUT2D eigenvalue weighted by atomic mass is 9.86. The fourth-order valence-corrected chi connectivity index (χ4v) is 4.14. The summed E-state index contributed by atoms with van der Waals surface area (Å²) in [5.41, 5.74) is 2.12. The van der Waals surface area contributed by atoms with Crippen LogP contribution in [0.2, 0.25) is 0 Å². The van der Waals surface area contributed by atoms with Gasteiger partial charge in [0.25, 0.3) is 0 Å². The summed E-state index contributed by atoms with van der Waals surface area (Å²) in [7, 11) is 0. The van der Waals surface area contributed by atoms with Gasteiger partial charge in [-0.25, -0.2) is 0 Å². The Morgan fingerprint density at radius 2 is 2.16 bits per heavy atom. The second kappa shape index (κ2) is 6.54. The number of rotatable bonds is 4. The molecule has 132 valence electrons. The first-order valence-electron chi connectivity index (χ1n) is 9.20. The highest BCUT2D eigenvalue weighted by atomic mass is 16.5. The number of benzene rings is 1. The number of hydrogen-bond donors (Lipinski definition) is 1. The maximum atomic E-state index is 12.5. The van der Waals surface area contributed by atoms with Crippen molar-refractivity contribution in [3.05, 3.63) is 47.8 Å². The normalized spacial score (nSPS) is 20.9. The van der Waals surface area contributed by atoms with E-state index < -0.39 is 0 Å². The first-order chi connectivity index (χ1) is 12.1. The molecule has 5 nitrogen and oxygen atoms in total. The predicted molar refractivity (Wildman–Crippen MR) is 95.4 cm³/mol. The van der Waals surface area contributed by atoms with Gasteiger partial charge in [0.15, 0.2) is 0 Å². The molecule has 1 aliphatic heterocycles. The van der Waals surface area contributed by atoms with E-state index in [4.69, 9.17) is 4.74 Å². The van der Waals surface area contributed by atoms with Crippen LogP contribution in [0.3, 0.4) is 0 Å². The molecule has 0 radical (unpaired) electrons. The smallest absolute Gasteiger partial charge is 0.222 e. The number of para-hydroxylation sites is 1. The number of fused-ring (bicyclic) bond motifs is 1. The van der Waals surface area contributed by atoms with Gasteiger partial charge in [-0.05, 0) is 44.2 Å². The van der Waals surface area contributed by atoms with Crippen LogP contribution in [0.25, 0.3) is 0 Å². The van der Waals surface area contributed by atoms with Crippen LogP contribution >= 0.6 is 0 Å². The Bertz CT molecular complexity index is 762. The molecular weight excluding hydrogens is 314 g/mol. The van der Waals surface area contributed by atoms with Gasteiger partial charge < -0.3 is 10.1 Å². The van der Waals surface area contributed by atoms with Crippen LogP contribution < -0.4 is 10.1 Å². The molecule has 2 aliphatic rings. The molecule has 5 heteroatoms. The van der Waals surface area contributed by atoms with E-state index in [-0.39, 0.29) is 17.6 Å². The fourth-order valence-electron chi connectivity index (χ4n) is 4.14. The number of aromatic nitrogens is 2. The minimum absolute atomic E-state index is 0.0370. The van der Waals surface area contributed by atoms with Crippen LogP contribution in [0, 0.1) is 6.92 Å². The molecule has 0 bridgehead atoms. The molecule has 2 heterocycles. The van der Waals surface area contributed by atoms with Crippen LogP contribution in [0.4, 0.5) is 0 Å². The number of nitrogens with one attached hydrogen (secondary N) is 1. The number of nitrogens with zero attached hydrogens (tertiary/aromatic N) is 2. The summed E-state index contributed by atoms with van der Waals surface area (Å²) in [5.74, 6) is 1.01. The maximum Gasteiger partial charge on any atom is 0.222 e. The molecule has 1 aliphatic carbocycles. The number of carbonyl (C=O) groups is 1. The molecular formula is C20H25N3O2. The minimum Gasteiger partial charge on any atom is -0.487 e. The van der Waals surface area contributed by atoms with E-state index in [2.05, 4.69) is 16.5 Å². The molecule has 25 heavy (non-hydrogen) atoms. The molecule has 1 amide bonds. The van der Waals surface area contributed by atoms with Crippen molar-refractivity contribution in [2.24, 2.45) is 0 Å². The SMILES string of the molecule is Cc1cnn(CCC(=O)NC2CC3(CCCC3)Oc3ccccc32)c1. The quantitative estimate of drug-likeness (QED) is 0.927. The average molecular weight is 339 g/mol. The Morgan fingerprint density at radius 1 is 1.36 bits per heavy atom. The van der Waals surface area contributed by atoms with Crippen LogP contribution in [0.5, 0.6) is 5.75 Å². The molecule has 4 rings (SSSR count). The van der Waals surface area contributed by atoms with E-state index >= 15 is 0 Å². The van der Waals surface area contributed by atoms with Gasteiger partial charge in [0, 0.05) is 31.1 Å². The van der Waals surface area contributed by atoms with Gasteiger partial charge in [0.05, 0.1) is 12.2 Å². The molecule has 1 fully saturated rings. The highest BCUT2D eigenvalue weighted by Gasteiger charge is 2.43. The summed E-state index contributed by atoms with van der Waals surface area (Å²) in [6, 6.07) is 8.15. The predicted octanol–water partition coefficient (Wildman–Crippen LogP) is 3.53. The first-order valence-corrected chi connectivity index (χ1v) is 9.20. The molecule has 1 atom stereocenters. The van der Waals surface area contributed by atoms with Crippen LogP contribution in [-0.2, 0) is 11.3 Å². The summed E-state index contributed by atoms with van der Waals surface area (Å²) < 4.78 is 8.18. The number of amides is 1. The summed E-state index contributed by atoms with van der Waals surface area (Å²) in [5, 5.41) is 7.49. The maximum absolute atomic E-state index is 12.5. The zero-order valence-electron chi connectivity index (χ0n) is 14.7. The van der Waals surface area contributed by atoms with Crippen molar-refractivity contribution < 1.29 is 9.53 Å². The molecule has 2 aromatic rings. The molecule has 1 N–H and O–H groups in total. The van der Waals surface area contributed by atoms with Gasteiger partial charge in [-0.15, -0.1) is 0 Å². The van der Waals surface area contributed by atoms with E-state index in [1.807, 2.05) is 42.2 Å². The molecule has 1 spiro atoms. The summed E-state index contributed by atoms with van der Waals surface area (Å²) in [6.45, 7) is 2.61. The van der Waals surface area contributed by atoms with E-state index in [9.17, 15) is 4.79 Å². The van der Waals surface area contributed by atoms with Gasteiger partial charge in [-0.1, -0.05) is 18.2 Å². The van der Waals surface area contributed by atoms with E-state index in [0.717, 1.165) is 36.1 Å². The molecule has 1 saturated carbocycles. The van der Waals surface area contributed by atoms with Crippen molar-refractivity contribution in [2.45, 2.75) is 63.6 Å². The summed E-state index contributed by atoms with van der Waals surface area (Å²) in [4.78, 5) is 12.5. The number of aryl methyl sites for hydroxylation is 2. The Kier molecular flexibility index (Phi) is 4.24. The Hall–Kier alpha value is -2.30. The first kappa shape index (κ1) is 16.2. The zero-order valence-corrected chi connectivity index (χ0v) is 14.7. The van der Waals surface area contributed by atoms with E-state index in [0.29, 0.717) is 13.0 Å². The topological polar surface area (TPSA) is 56.2 Å². The summed E-state index contributed by atoms with van der Waals surface area (Å²) in [6.07, 6.45) is 9.68. The average Bonchev–Trinajstić information content (AvgIpc) is 3.22. The van der Waals surface area contributed by atoms with Gasteiger partial charge in [0.1, 0.15) is 11.4 Å². The zero-order chi connectivity index (χ0) is 17.3. The van der Waals surface area contributed by atoms with Crippen LogP contribution in [0.1, 0.15) is 55.7 Å². The molecule has 1 aromatic carbocycles. The second-order valence-electron chi connectivity index (χ2n) is 7.38. The van der Waals surface area contributed by atoms with Gasteiger partial charge in [-0.2, -0.15) is 5.10 Å². The lowest BCUT2D eigenvalue weighted by Crippen LogP contribution is -2.43. The van der Waals surface area contributed by atoms with Crippen molar-refractivity contribution in [3.8, 4) is 5.75 Å². The molecule has 1 unspecified atom stereocenters. The fraction of sp³-hybridized carbons (Fsp3) is 0.500. The van der Waals surface area contributed by atoms with Gasteiger partial charge >= 0.3 is 0 Å². The third-order valence-electron chi connectivity index (χ3n) is 5.38. The third-order valence-corrected chi connectivity index (χ3v) is 5.38. The Labute approximate surface area is 148 Å². The van der Waals surface area contributed by atoms with Crippen molar-refractivity contribution in [1.29, 1.82) is 0 Å². The monoisotopic (exact) mass is 339 g/mol. The third kappa shape index (κ3) is 3.41. The standard InChI is InChI=1S/C20H25N3O2/c1-15-13-21-23(14-15)11-8-19(24)22-17-12-20(9-4-5-10-20)25-18-7-3-2-6-16(17)18/h2-3,6-7,13-14,17H,4-5,8-12H2,1H3,(H,22,24). The van der Waals surface area contributed by atoms with E-state index in [1.54, 1.807) is 0 Å². The lowest BCUT2D eigenvalue weighted by molar-refractivity contribution is -0.122. The van der Waals surface area contributed by atoms with Crippen molar-refractivity contribution in [3.63, 3.8) is 0 Å². The van der Waals surface area contributed by atoms with Gasteiger partial charge in [-0.3, -0.25) is 9.48 Å². The summed E-state index contributed by atoms with van der Waals surface area (Å²) >= 11 is 0. The Balaban J connectivity index is 1.45. The molecule has 1 aromatic heterocycles. The highest BCUT2D eigenvalue weighted by Crippen LogP contribution is 2.46. The largest absolute Gasteiger partial charge is 0.487 e. The van der Waals surface area contributed by atoms with Crippen LogP contribution in [0.15, 0.2) is 36.7 Å². The van der Waals surface area contributed by atoms with Crippen molar-refractivity contribution in [1.82, 2.24) is 15.1 Å². The minimum atomic E-state index is -0.0919. The molecule has 0 saturated heterocycles. The second-order valence-corrected chi connectivity index (χ2v) is 7.38. The van der Waals surface area contributed by atoms with Gasteiger partial charge in [0.2, 0.25) is 5.91 Å². The highest BCUT2D eigenvalue weighted by molar-refractivity contribution is 5.76. The number of hydrogen-bond acceptors (Lipinski definition) is 3. The number of carbonyl (C=O) groups excluding carboxylic acids is 1. The van der Waals surface area contributed by atoms with Crippen molar-refractivity contribution in [2.75, 3.05) is 0 Å². The van der Waals surface area contributed by atoms with Crippen molar-refractivity contribution >= 4 is 5.91 Å². The lowest BCUT2D eigenvalue weighted by Gasteiger charge is -2.40. The number of ether oxygens (including phenoxy) is 1. The van der Waals surface area contributed by atoms with E-state index in [1.165, 1.54) is 12.8 Å². The Morgan fingerprint density at radius 3 is 2.92 bits per heavy atom.